The lowest BCUT2D eigenvalue weighted by Gasteiger charge is -2.21. The first-order valence-electron chi connectivity index (χ1n) is 5.85. The molecule has 1 unspecified atom stereocenters. The van der Waals surface area contributed by atoms with E-state index in [0.717, 1.165) is 17.8 Å². The van der Waals surface area contributed by atoms with Crippen LogP contribution in [0.1, 0.15) is 23.5 Å². The Labute approximate surface area is 114 Å². The van der Waals surface area contributed by atoms with E-state index in [1.54, 1.807) is 0 Å². The number of carbonyl (C=O) groups excluding carboxylic acids is 3. The van der Waals surface area contributed by atoms with Crippen LogP contribution >= 0.6 is 11.3 Å². The predicted octanol–water partition coefficient (Wildman–Crippen LogP) is 0.685. The van der Waals surface area contributed by atoms with Crippen LogP contribution < -0.4 is 0 Å². The van der Waals surface area contributed by atoms with Gasteiger partial charge in [0.15, 0.2) is 0 Å². The van der Waals surface area contributed by atoms with E-state index in [2.05, 4.69) is 9.72 Å². The number of ketones is 1. The standard InChI is InChI=1S/C12H14N2O4S/c1-7-6-19-9(13-7)5-14-8(3-4-10(14)15)11(16)12(17)18-2/h6,8H,3-5H2,1-2H3. The molecule has 102 valence electrons. The molecular formula is C12H14N2O4S. The maximum absolute atomic E-state index is 11.8. The van der Waals surface area contributed by atoms with E-state index in [-0.39, 0.29) is 18.9 Å². The molecule has 0 bridgehead atoms. The van der Waals surface area contributed by atoms with Crippen LogP contribution in [0.5, 0.6) is 0 Å². The minimum Gasteiger partial charge on any atom is -0.463 e. The van der Waals surface area contributed by atoms with Gasteiger partial charge in [-0.25, -0.2) is 9.78 Å². The number of hydrogen-bond donors (Lipinski definition) is 0. The van der Waals surface area contributed by atoms with Crippen molar-refractivity contribution in [2.24, 2.45) is 0 Å². The summed E-state index contributed by atoms with van der Waals surface area (Å²) in [5, 5.41) is 2.64. The number of likely N-dealkylation sites (tertiary alicyclic amines) is 1. The fourth-order valence-corrected chi connectivity index (χ4v) is 2.83. The fourth-order valence-electron chi connectivity index (χ4n) is 2.06. The average Bonchev–Trinajstić information content (AvgIpc) is 2.96. The van der Waals surface area contributed by atoms with Crippen LogP contribution in [-0.4, -0.2) is 40.7 Å². The second-order valence-corrected chi connectivity index (χ2v) is 5.26. The highest BCUT2D eigenvalue weighted by atomic mass is 32.1. The molecule has 1 saturated heterocycles. The molecule has 7 heteroatoms. The number of ether oxygens (including phenoxy) is 1. The molecule has 1 atom stereocenters. The Kier molecular flexibility index (Phi) is 3.94. The summed E-state index contributed by atoms with van der Waals surface area (Å²) in [7, 11) is 1.16. The zero-order valence-corrected chi connectivity index (χ0v) is 11.5. The number of nitrogens with zero attached hydrogens (tertiary/aromatic N) is 2. The third kappa shape index (κ3) is 2.81. The normalized spacial score (nSPS) is 18.7. The zero-order valence-electron chi connectivity index (χ0n) is 10.7. The Bertz CT molecular complexity index is 526. The number of aromatic nitrogens is 1. The molecule has 1 aromatic rings. The smallest absolute Gasteiger partial charge is 0.376 e. The van der Waals surface area contributed by atoms with Crippen molar-refractivity contribution in [3.05, 3.63) is 16.1 Å². The summed E-state index contributed by atoms with van der Waals surface area (Å²) in [6, 6.07) is -0.718. The predicted molar refractivity (Wildman–Crippen MR) is 67.4 cm³/mol. The average molecular weight is 282 g/mol. The van der Waals surface area contributed by atoms with Crippen molar-refractivity contribution in [1.29, 1.82) is 0 Å². The Balaban J connectivity index is 2.13. The van der Waals surface area contributed by atoms with Gasteiger partial charge in [-0.05, 0) is 13.3 Å². The van der Waals surface area contributed by atoms with Crippen LogP contribution in [0.3, 0.4) is 0 Å². The van der Waals surface area contributed by atoms with Gasteiger partial charge in [-0.2, -0.15) is 0 Å². The highest BCUT2D eigenvalue weighted by Crippen LogP contribution is 2.23. The third-order valence-electron chi connectivity index (χ3n) is 2.99. The number of amides is 1. The maximum Gasteiger partial charge on any atom is 0.376 e. The fraction of sp³-hybridized carbons (Fsp3) is 0.500. The molecule has 0 spiro atoms. The van der Waals surface area contributed by atoms with Crippen molar-refractivity contribution < 1.29 is 19.1 Å². The van der Waals surface area contributed by atoms with E-state index in [4.69, 9.17) is 0 Å². The first kappa shape index (κ1) is 13.7. The van der Waals surface area contributed by atoms with Crippen LogP contribution in [0.4, 0.5) is 0 Å². The summed E-state index contributed by atoms with van der Waals surface area (Å²) < 4.78 is 4.42. The van der Waals surface area contributed by atoms with Gasteiger partial charge in [-0.1, -0.05) is 0 Å². The molecule has 2 rings (SSSR count). The van der Waals surface area contributed by atoms with Gasteiger partial charge in [-0.15, -0.1) is 11.3 Å². The third-order valence-corrected chi connectivity index (χ3v) is 3.94. The van der Waals surface area contributed by atoms with Gasteiger partial charge in [0, 0.05) is 17.5 Å². The summed E-state index contributed by atoms with van der Waals surface area (Å²) in [6.07, 6.45) is 0.634. The molecule has 1 aliphatic heterocycles. The number of hydrogen-bond acceptors (Lipinski definition) is 6. The summed E-state index contributed by atoms with van der Waals surface area (Å²) in [6.45, 7) is 2.13. The Hall–Kier alpha value is -1.76. The molecule has 1 aromatic heterocycles. The van der Waals surface area contributed by atoms with Crippen molar-refractivity contribution in [3.8, 4) is 0 Å². The number of esters is 1. The van der Waals surface area contributed by atoms with E-state index in [1.165, 1.54) is 16.2 Å². The van der Waals surface area contributed by atoms with Gasteiger partial charge in [0.1, 0.15) is 11.0 Å². The lowest BCUT2D eigenvalue weighted by atomic mass is 10.1. The second kappa shape index (κ2) is 5.48. The van der Waals surface area contributed by atoms with Gasteiger partial charge < -0.3 is 9.64 Å². The molecule has 0 N–H and O–H groups in total. The van der Waals surface area contributed by atoms with Crippen molar-refractivity contribution in [3.63, 3.8) is 0 Å². The van der Waals surface area contributed by atoms with Crippen LogP contribution in [0, 0.1) is 6.92 Å². The minimum atomic E-state index is -0.903. The van der Waals surface area contributed by atoms with E-state index in [0.29, 0.717) is 6.42 Å². The summed E-state index contributed by atoms with van der Waals surface area (Å²) in [4.78, 5) is 40.6. The minimum absolute atomic E-state index is 0.130. The van der Waals surface area contributed by atoms with Gasteiger partial charge in [-0.3, -0.25) is 9.59 Å². The molecule has 1 amide bonds. The Morgan fingerprint density at radius 2 is 2.32 bits per heavy atom. The van der Waals surface area contributed by atoms with E-state index < -0.39 is 17.8 Å². The van der Waals surface area contributed by atoms with E-state index >= 15 is 0 Å². The van der Waals surface area contributed by atoms with E-state index in [1.807, 2.05) is 12.3 Å². The van der Waals surface area contributed by atoms with Crippen molar-refractivity contribution in [1.82, 2.24) is 9.88 Å². The highest BCUT2D eigenvalue weighted by Gasteiger charge is 2.39. The first-order valence-corrected chi connectivity index (χ1v) is 6.73. The number of aryl methyl sites for hydroxylation is 1. The molecule has 0 radical (unpaired) electrons. The van der Waals surface area contributed by atoms with Crippen molar-refractivity contribution >= 4 is 29.0 Å². The number of carbonyl (C=O) groups is 3. The summed E-state index contributed by atoms with van der Waals surface area (Å²) in [5.41, 5.74) is 0.877. The van der Waals surface area contributed by atoms with E-state index in [9.17, 15) is 14.4 Å². The second-order valence-electron chi connectivity index (χ2n) is 4.31. The molecule has 19 heavy (non-hydrogen) atoms. The van der Waals surface area contributed by atoms with Crippen molar-refractivity contribution in [2.45, 2.75) is 32.4 Å². The number of thiazole rings is 1. The van der Waals surface area contributed by atoms with Crippen LogP contribution in [-0.2, 0) is 25.7 Å². The lowest BCUT2D eigenvalue weighted by Crippen LogP contribution is -2.41. The first-order chi connectivity index (χ1) is 9.02. The van der Waals surface area contributed by atoms with Gasteiger partial charge >= 0.3 is 5.97 Å². The largest absolute Gasteiger partial charge is 0.463 e. The molecule has 0 aromatic carbocycles. The Morgan fingerprint density at radius 1 is 1.58 bits per heavy atom. The monoisotopic (exact) mass is 282 g/mol. The highest BCUT2D eigenvalue weighted by molar-refractivity contribution is 7.09. The number of methoxy groups -OCH3 is 1. The number of Topliss-reactive ketones (excluding diaryl/α,β-unsaturated/α-hetero) is 1. The SMILES string of the molecule is COC(=O)C(=O)C1CCC(=O)N1Cc1nc(C)cs1. The van der Waals surface area contributed by atoms with Gasteiger partial charge in [0.05, 0.1) is 13.7 Å². The molecule has 1 fully saturated rings. The topological polar surface area (TPSA) is 76.6 Å². The summed E-state index contributed by atoms with van der Waals surface area (Å²) >= 11 is 1.43. The van der Waals surface area contributed by atoms with Crippen LogP contribution in [0.25, 0.3) is 0 Å². The van der Waals surface area contributed by atoms with Crippen molar-refractivity contribution in [2.75, 3.05) is 7.11 Å². The quantitative estimate of drug-likeness (QED) is 0.599. The van der Waals surface area contributed by atoms with Gasteiger partial charge in [0.25, 0.3) is 5.78 Å². The molecule has 2 heterocycles. The Morgan fingerprint density at radius 3 is 2.89 bits per heavy atom. The van der Waals surface area contributed by atoms with Crippen LogP contribution in [0.2, 0.25) is 0 Å². The molecule has 0 aliphatic carbocycles. The molecular weight excluding hydrogens is 268 g/mol. The number of rotatable bonds is 4. The maximum atomic E-state index is 11.8. The van der Waals surface area contributed by atoms with Gasteiger partial charge in [0.2, 0.25) is 5.91 Å². The summed E-state index contributed by atoms with van der Waals surface area (Å²) in [5.74, 6) is -1.70. The lowest BCUT2D eigenvalue weighted by molar-refractivity contribution is -0.154. The molecule has 1 aliphatic rings. The molecule has 6 nitrogen and oxygen atoms in total. The molecule has 0 saturated carbocycles. The van der Waals surface area contributed by atoms with Crippen LogP contribution in [0.15, 0.2) is 5.38 Å². The zero-order chi connectivity index (χ0) is 14.0.